The lowest BCUT2D eigenvalue weighted by atomic mass is 10.0. The molecule has 0 fully saturated rings. The molecule has 0 radical (unpaired) electrons. The molecule has 0 saturated heterocycles. The molecule has 0 N–H and O–H groups in total. The fraction of sp³-hybridized carbons (Fsp3) is 0.364. The molecule has 0 aromatic heterocycles. The maximum absolute atomic E-state index is 14.1. The standard InChI is InChI=1S/C22H25F3/c1-3-5-16-7-9-17(10-8-16)11-12-18-13-14-19(21(24)15-18)22(25)20(23)6-4-2/h7-10,13-15H,3-6,11-12H2,1-2H3/b22-20-. The van der Waals surface area contributed by atoms with Gasteiger partial charge in [0.1, 0.15) is 11.6 Å². The summed E-state index contributed by atoms with van der Waals surface area (Å²) in [7, 11) is 0. The second kappa shape index (κ2) is 9.45. The van der Waals surface area contributed by atoms with Gasteiger partial charge in [-0.25, -0.2) is 13.2 Å². The number of allylic oxidation sites excluding steroid dienone is 1. The number of benzene rings is 2. The van der Waals surface area contributed by atoms with Crippen molar-refractivity contribution in [2.24, 2.45) is 0 Å². The molecular weight excluding hydrogens is 321 g/mol. The van der Waals surface area contributed by atoms with Crippen LogP contribution in [0.4, 0.5) is 13.2 Å². The van der Waals surface area contributed by atoms with E-state index in [0.717, 1.165) is 24.8 Å². The lowest BCUT2D eigenvalue weighted by Crippen LogP contribution is -1.96. The topological polar surface area (TPSA) is 0 Å². The van der Waals surface area contributed by atoms with Crippen molar-refractivity contribution in [1.82, 2.24) is 0 Å². The summed E-state index contributed by atoms with van der Waals surface area (Å²) in [5.41, 5.74) is 2.99. The zero-order valence-electron chi connectivity index (χ0n) is 14.9. The van der Waals surface area contributed by atoms with Crippen molar-refractivity contribution < 1.29 is 13.2 Å². The summed E-state index contributed by atoms with van der Waals surface area (Å²) in [5.74, 6) is -2.68. The molecule has 0 amide bonds. The van der Waals surface area contributed by atoms with E-state index >= 15 is 0 Å². The van der Waals surface area contributed by atoms with Crippen molar-refractivity contribution in [3.05, 3.63) is 76.4 Å². The average Bonchev–Trinajstić information content (AvgIpc) is 2.61. The molecule has 2 aromatic rings. The van der Waals surface area contributed by atoms with Crippen LogP contribution in [0.1, 0.15) is 55.4 Å². The molecule has 0 aliphatic rings. The lowest BCUT2D eigenvalue weighted by molar-refractivity contribution is 0.551. The molecule has 0 spiro atoms. The van der Waals surface area contributed by atoms with Crippen LogP contribution in [0.5, 0.6) is 0 Å². The van der Waals surface area contributed by atoms with Gasteiger partial charge in [0.15, 0.2) is 5.83 Å². The van der Waals surface area contributed by atoms with Crippen LogP contribution in [0.15, 0.2) is 48.3 Å². The van der Waals surface area contributed by atoms with Crippen molar-refractivity contribution in [3.63, 3.8) is 0 Å². The largest absolute Gasteiger partial charge is 0.209 e. The van der Waals surface area contributed by atoms with Gasteiger partial charge in [-0.2, -0.15) is 0 Å². The number of hydrogen-bond donors (Lipinski definition) is 0. The summed E-state index contributed by atoms with van der Waals surface area (Å²) in [6, 6.07) is 12.7. The molecule has 2 aromatic carbocycles. The van der Waals surface area contributed by atoms with E-state index in [4.69, 9.17) is 0 Å². The number of halogens is 3. The minimum atomic E-state index is -1.09. The first-order valence-electron chi connectivity index (χ1n) is 8.95. The Hall–Kier alpha value is -2.03. The zero-order valence-corrected chi connectivity index (χ0v) is 14.9. The van der Waals surface area contributed by atoms with E-state index in [1.807, 2.05) is 0 Å². The first kappa shape index (κ1) is 19.3. The molecule has 134 valence electrons. The van der Waals surface area contributed by atoms with Crippen molar-refractivity contribution in [1.29, 1.82) is 0 Å². The molecule has 0 atom stereocenters. The van der Waals surface area contributed by atoms with Crippen molar-refractivity contribution >= 4 is 5.83 Å². The van der Waals surface area contributed by atoms with Gasteiger partial charge < -0.3 is 0 Å². The SMILES string of the molecule is CCC/C(F)=C(/F)c1ccc(CCc2ccc(CCC)cc2)cc1F. The first-order valence-corrected chi connectivity index (χ1v) is 8.95. The Balaban J connectivity index is 2.04. The van der Waals surface area contributed by atoms with E-state index in [9.17, 15) is 13.2 Å². The molecule has 0 aliphatic carbocycles. The Kier molecular flexibility index (Phi) is 7.30. The van der Waals surface area contributed by atoms with Gasteiger partial charge in [-0.1, -0.05) is 50.6 Å². The third kappa shape index (κ3) is 5.48. The first-order chi connectivity index (χ1) is 12.0. The molecule has 0 aliphatic heterocycles. The predicted octanol–water partition coefficient (Wildman–Crippen LogP) is 6.97. The second-order valence-electron chi connectivity index (χ2n) is 6.35. The van der Waals surface area contributed by atoms with E-state index in [1.165, 1.54) is 23.3 Å². The smallest absolute Gasteiger partial charge is 0.164 e. The van der Waals surface area contributed by atoms with Gasteiger partial charge in [-0.15, -0.1) is 0 Å². The van der Waals surface area contributed by atoms with Crippen LogP contribution in [-0.4, -0.2) is 0 Å². The monoisotopic (exact) mass is 346 g/mol. The predicted molar refractivity (Wildman–Crippen MR) is 98.3 cm³/mol. The van der Waals surface area contributed by atoms with E-state index in [2.05, 4.69) is 31.2 Å². The minimum absolute atomic E-state index is 0.0128. The summed E-state index contributed by atoms with van der Waals surface area (Å²) in [6.45, 7) is 3.90. The maximum Gasteiger partial charge on any atom is 0.164 e. The highest BCUT2D eigenvalue weighted by atomic mass is 19.2. The van der Waals surface area contributed by atoms with Crippen molar-refractivity contribution in [3.8, 4) is 0 Å². The van der Waals surface area contributed by atoms with Gasteiger partial charge in [-0.3, -0.25) is 0 Å². The molecule has 0 nitrogen and oxygen atoms in total. The van der Waals surface area contributed by atoms with Crippen molar-refractivity contribution in [2.45, 2.75) is 52.4 Å². The second-order valence-corrected chi connectivity index (χ2v) is 6.35. The highest BCUT2D eigenvalue weighted by molar-refractivity contribution is 5.61. The molecule has 0 unspecified atom stereocenters. The van der Waals surface area contributed by atoms with Crippen LogP contribution in [0, 0.1) is 5.82 Å². The fourth-order valence-corrected chi connectivity index (χ4v) is 2.82. The Morgan fingerprint density at radius 3 is 1.88 bits per heavy atom. The van der Waals surface area contributed by atoms with Gasteiger partial charge in [0.05, 0.1) is 0 Å². The summed E-state index contributed by atoms with van der Waals surface area (Å²) >= 11 is 0. The highest BCUT2D eigenvalue weighted by Crippen LogP contribution is 2.27. The number of rotatable bonds is 8. The Labute approximate surface area is 148 Å². The zero-order chi connectivity index (χ0) is 18.2. The third-order valence-electron chi connectivity index (χ3n) is 4.24. The average molecular weight is 346 g/mol. The van der Waals surface area contributed by atoms with Crippen molar-refractivity contribution in [2.75, 3.05) is 0 Å². The van der Waals surface area contributed by atoms with E-state index < -0.39 is 17.5 Å². The quantitative estimate of drug-likeness (QED) is 0.484. The summed E-state index contributed by atoms with van der Waals surface area (Å²) < 4.78 is 41.6. The van der Waals surface area contributed by atoms with Crippen LogP contribution < -0.4 is 0 Å². The van der Waals surface area contributed by atoms with Gasteiger partial charge >= 0.3 is 0 Å². The van der Waals surface area contributed by atoms with Crippen LogP contribution in [0.2, 0.25) is 0 Å². The summed E-state index contributed by atoms with van der Waals surface area (Å²) in [4.78, 5) is 0. The van der Waals surface area contributed by atoms with E-state index in [-0.39, 0.29) is 12.0 Å². The molecule has 0 bridgehead atoms. The molecule has 0 saturated carbocycles. The van der Waals surface area contributed by atoms with Crippen LogP contribution in [0.3, 0.4) is 0 Å². The summed E-state index contributed by atoms with van der Waals surface area (Å²) in [6.07, 6.45) is 4.10. The maximum atomic E-state index is 14.1. The minimum Gasteiger partial charge on any atom is -0.209 e. The van der Waals surface area contributed by atoms with Crippen LogP contribution in [0.25, 0.3) is 5.83 Å². The lowest BCUT2D eigenvalue weighted by Gasteiger charge is -2.07. The third-order valence-corrected chi connectivity index (χ3v) is 4.24. The van der Waals surface area contributed by atoms with Gasteiger partial charge in [-0.05, 0) is 54.5 Å². The van der Waals surface area contributed by atoms with Gasteiger partial charge in [0.2, 0.25) is 0 Å². The molecule has 3 heteroatoms. The Morgan fingerprint density at radius 2 is 1.32 bits per heavy atom. The molecule has 2 rings (SSSR count). The molecule has 25 heavy (non-hydrogen) atoms. The summed E-state index contributed by atoms with van der Waals surface area (Å²) in [5, 5.41) is 0. The van der Waals surface area contributed by atoms with Crippen LogP contribution >= 0.6 is 0 Å². The Bertz CT molecular complexity index is 715. The van der Waals surface area contributed by atoms with E-state index in [1.54, 1.807) is 13.0 Å². The molecule has 0 heterocycles. The van der Waals surface area contributed by atoms with Gasteiger partial charge in [0, 0.05) is 12.0 Å². The fourth-order valence-electron chi connectivity index (χ4n) is 2.82. The van der Waals surface area contributed by atoms with E-state index in [0.29, 0.717) is 12.8 Å². The number of hydrogen-bond acceptors (Lipinski definition) is 0. The van der Waals surface area contributed by atoms with Crippen LogP contribution in [-0.2, 0) is 19.3 Å². The normalized spacial score (nSPS) is 12.2. The number of aryl methyl sites for hydroxylation is 3. The Morgan fingerprint density at radius 1 is 0.760 bits per heavy atom. The highest BCUT2D eigenvalue weighted by Gasteiger charge is 2.13. The van der Waals surface area contributed by atoms with Gasteiger partial charge in [0.25, 0.3) is 0 Å². The molecular formula is C22H25F3.